The second-order valence-electron chi connectivity index (χ2n) is 5.35. The Kier molecular flexibility index (Phi) is 3.82. The van der Waals surface area contributed by atoms with Crippen LogP contribution >= 0.6 is 0 Å². The van der Waals surface area contributed by atoms with Crippen molar-refractivity contribution in [3.63, 3.8) is 0 Å². The van der Waals surface area contributed by atoms with Gasteiger partial charge in [0.15, 0.2) is 0 Å². The number of piperazine rings is 1. The molecule has 1 unspecified atom stereocenters. The van der Waals surface area contributed by atoms with Gasteiger partial charge in [-0.2, -0.15) is 0 Å². The minimum atomic E-state index is 0.149. The van der Waals surface area contributed by atoms with E-state index in [1.54, 1.807) is 13.3 Å². The molecule has 0 aliphatic carbocycles. The zero-order valence-electron chi connectivity index (χ0n) is 11.8. The molecular formula is C14H20N4O2. The van der Waals surface area contributed by atoms with Crippen molar-refractivity contribution in [2.75, 3.05) is 44.3 Å². The van der Waals surface area contributed by atoms with Gasteiger partial charge in [-0.1, -0.05) is 0 Å². The van der Waals surface area contributed by atoms with Crippen LogP contribution in [0.4, 0.5) is 5.82 Å². The number of carbonyl (C=O) groups is 1. The van der Waals surface area contributed by atoms with Crippen LogP contribution in [-0.2, 0) is 9.53 Å². The number of hydrogen-bond donors (Lipinski definition) is 0. The maximum absolute atomic E-state index is 11.3. The van der Waals surface area contributed by atoms with Gasteiger partial charge in [-0.05, 0) is 6.42 Å². The van der Waals surface area contributed by atoms with Gasteiger partial charge in [0.1, 0.15) is 12.1 Å². The molecule has 1 aromatic heterocycles. The number of carbonyl (C=O) groups excluding carboxylic acids is 1. The first-order valence-corrected chi connectivity index (χ1v) is 7.14. The predicted molar refractivity (Wildman–Crippen MR) is 74.7 cm³/mol. The summed E-state index contributed by atoms with van der Waals surface area (Å²) < 4.78 is 5.42. The van der Waals surface area contributed by atoms with Crippen LogP contribution in [0.2, 0.25) is 0 Å². The number of aromatic nitrogens is 2. The molecular weight excluding hydrogens is 256 g/mol. The van der Waals surface area contributed by atoms with E-state index >= 15 is 0 Å². The summed E-state index contributed by atoms with van der Waals surface area (Å²) in [6.45, 7) is 6.39. The molecule has 0 saturated carbocycles. The summed E-state index contributed by atoms with van der Waals surface area (Å²) in [7, 11) is 0. The Morgan fingerprint density at radius 2 is 2.10 bits per heavy atom. The molecule has 2 aliphatic heterocycles. The molecule has 1 amide bonds. The molecule has 2 fully saturated rings. The number of nitrogens with zero attached hydrogens (tertiary/aromatic N) is 4. The molecule has 3 heterocycles. The fourth-order valence-electron chi connectivity index (χ4n) is 2.78. The van der Waals surface area contributed by atoms with Crippen LogP contribution in [0.25, 0.3) is 0 Å². The van der Waals surface area contributed by atoms with E-state index in [4.69, 9.17) is 4.74 Å². The summed E-state index contributed by atoms with van der Waals surface area (Å²) >= 11 is 0. The molecule has 3 rings (SSSR count). The molecule has 2 aliphatic rings. The molecule has 1 atom stereocenters. The van der Waals surface area contributed by atoms with E-state index in [1.807, 2.05) is 4.90 Å². The van der Waals surface area contributed by atoms with Gasteiger partial charge in [0.25, 0.3) is 0 Å². The minimum Gasteiger partial charge on any atom is -0.381 e. The van der Waals surface area contributed by atoms with E-state index in [2.05, 4.69) is 20.9 Å². The van der Waals surface area contributed by atoms with Crippen molar-refractivity contribution in [3.05, 3.63) is 18.1 Å². The van der Waals surface area contributed by atoms with Crippen LogP contribution in [0.5, 0.6) is 0 Å². The van der Waals surface area contributed by atoms with Crippen molar-refractivity contribution >= 4 is 11.7 Å². The Balaban J connectivity index is 1.68. The summed E-state index contributed by atoms with van der Waals surface area (Å²) in [5.74, 6) is 1.51. The van der Waals surface area contributed by atoms with Gasteiger partial charge >= 0.3 is 0 Å². The van der Waals surface area contributed by atoms with Gasteiger partial charge in [-0.25, -0.2) is 9.97 Å². The Bertz CT molecular complexity index is 480. The van der Waals surface area contributed by atoms with Crippen LogP contribution in [0.3, 0.4) is 0 Å². The van der Waals surface area contributed by atoms with Crippen LogP contribution < -0.4 is 4.90 Å². The highest BCUT2D eigenvalue weighted by molar-refractivity contribution is 5.73. The lowest BCUT2D eigenvalue weighted by Gasteiger charge is -2.35. The fourth-order valence-corrected chi connectivity index (χ4v) is 2.78. The van der Waals surface area contributed by atoms with Crippen molar-refractivity contribution < 1.29 is 9.53 Å². The van der Waals surface area contributed by atoms with Crippen molar-refractivity contribution in [1.29, 1.82) is 0 Å². The zero-order valence-corrected chi connectivity index (χ0v) is 11.8. The van der Waals surface area contributed by atoms with Crippen molar-refractivity contribution in [3.8, 4) is 0 Å². The van der Waals surface area contributed by atoms with Crippen LogP contribution in [0, 0.1) is 0 Å². The Hall–Kier alpha value is -1.69. The molecule has 108 valence electrons. The van der Waals surface area contributed by atoms with E-state index in [0.29, 0.717) is 5.92 Å². The molecule has 0 radical (unpaired) electrons. The third-order valence-corrected chi connectivity index (χ3v) is 4.07. The minimum absolute atomic E-state index is 0.149. The monoisotopic (exact) mass is 276 g/mol. The highest BCUT2D eigenvalue weighted by Crippen LogP contribution is 2.25. The largest absolute Gasteiger partial charge is 0.381 e. The van der Waals surface area contributed by atoms with E-state index in [1.165, 1.54) is 0 Å². The lowest BCUT2D eigenvalue weighted by atomic mass is 10.0. The summed E-state index contributed by atoms with van der Waals surface area (Å²) in [5.41, 5.74) is 1.07. The summed E-state index contributed by atoms with van der Waals surface area (Å²) in [6.07, 6.45) is 2.68. The van der Waals surface area contributed by atoms with Crippen molar-refractivity contribution in [1.82, 2.24) is 14.9 Å². The van der Waals surface area contributed by atoms with Crippen molar-refractivity contribution in [2.45, 2.75) is 19.3 Å². The second-order valence-corrected chi connectivity index (χ2v) is 5.35. The standard InChI is InChI=1S/C14H20N4O2/c1-11(19)17-3-5-18(6-4-17)14-8-13(15-10-16-14)12-2-7-20-9-12/h8,10,12H,2-7,9H2,1H3. The highest BCUT2D eigenvalue weighted by Gasteiger charge is 2.23. The lowest BCUT2D eigenvalue weighted by Crippen LogP contribution is -2.48. The number of ether oxygens (including phenoxy) is 1. The maximum atomic E-state index is 11.3. The zero-order chi connectivity index (χ0) is 13.9. The van der Waals surface area contributed by atoms with E-state index in [9.17, 15) is 4.79 Å². The molecule has 0 spiro atoms. The molecule has 0 aromatic carbocycles. The molecule has 6 nitrogen and oxygen atoms in total. The van der Waals surface area contributed by atoms with Gasteiger partial charge < -0.3 is 14.5 Å². The van der Waals surface area contributed by atoms with Crippen LogP contribution in [-0.4, -0.2) is 60.2 Å². The quantitative estimate of drug-likeness (QED) is 0.794. The highest BCUT2D eigenvalue weighted by atomic mass is 16.5. The predicted octanol–water partition coefficient (Wildman–Crippen LogP) is 0.649. The molecule has 20 heavy (non-hydrogen) atoms. The van der Waals surface area contributed by atoms with E-state index in [0.717, 1.165) is 57.3 Å². The average Bonchev–Trinajstić information content (AvgIpc) is 3.02. The number of rotatable bonds is 2. The number of amides is 1. The summed E-state index contributed by atoms with van der Waals surface area (Å²) in [6, 6.07) is 2.07. The molecule has 6 heteroatoms. The van der Waals surface area contributed by atoms with Crippen LogP contribution in [0.1, 0.15) is 25.0 Å². The van der Waals surface area contributed by atoms with Gasteiger partial charge in [-0.3, -0.25) is 4.79 Å². The van der Waals surface area contributed by atoms with Crippen molar-refractivity contribution in [2.24, 2.45) is 0 Å². The maximum Gasteiger partial charge on any atom is 0.219 e. The number of anilines is 1. The number of hydrogen-bond acceptors (Lipinski definition) is 5. The lowest BCUT2D eigenvalue weighted by molar-refractivity contribution is -0.129. The summed E-state index contributed by atoms with van der Waals surface area (Å²) in [5, 5.41) is 0. The van der Waals surface area contributed by atoms with Gasteiger partial charge in [0.05, 0.1) is 12.3 Å². The van der Waals surface area contributed by atoms with Gasteiger partial charge in [0.2, 0.25) is 5.91 Å². The smallest absolute Gasteiger partial charge is 0.219 e. The topological polar surface area (TPSA) is 58.6 Å². The Labute approximate surface area is 118 Å². The molecule has 0 bridgehead atoms. The summed E-state index contributed by atoms with van der Waals surface area (Å²) in [4.78, 5) is 24.2. The van der Waals surface area contributed by atoms with Gasteiger partial charge in [-0.15, -0.1) is 0 Å². The van der Waals surface area contributed by atoms with Gasteiger partial charge in [0, 0.05) is 51.7 Å². The first kappa shape index (κ1) is 13.3. The Morgan fingerprint density at radius 3 is 2.75 bits per heavy atom. The van der Waals surface area contributed by atoms with Crippen LogP contribution in [0.15, 0.2) is 12.4 Å². The molecule has 1 aromatic rings. The molecule has 0 N–H and O–H groups in total. The third-order valence-electron chi connectivity index (χ3n) is 4.07. The average molecular weight is 276 g/mol. The molecule has 2 saturated heterocycles. The SMILES string of the molecule is CC(=O)N1CCN(c2cc(C3CCOC3)ncn2)CC1. The third kappa shape index (κ3) is 2.75. The first-order valence-electron chi connectivity index (χ1n) is 7.14. The second kappa shape index (κ2) is 5.75. The van der Waals surface area contributed by atoms with E-state index in [-0.39, 0.29) is 5.91 Å². The fraction of sp³-hybridized carbons (Fsp3) is 0.643. The first-order chi connectivity index (χ1) is 9.74. The normalized spacial score (nSPS) is 23.1. The Morgan fingerprint density at radius 1 is 1.30 bits per heavy atom. The van der Waals surface area contributed by atoms with E-state index < -0.39 is 0 Å².